The fraction of sp³-hybridized carbons (Fsp3) is 0.250. The van der Waals surface area contributed by atoms with Gasteiger partial charge in [0, 0.05) is 13.0 Å². The fourth-order valence-corrected chi connectivity index (χ4v) is 0.745. The Balaban J connectivity index is 0.000000371. The Morgan fingerprint density at radius 2 is 1.70 bits per heavy atom. The molecule has 56 valence electrons. The second-order valence-corrected chi connectivity index (χ2v) is 1.89. The maximum absolute atomic E-state index is 7.00. The number of hydrogen-bond donors (Lipinski definition) is 1. The Morgan fingerprint density at radius 1 is 1.20 bits per heavy atom. The molecule has 0 saturated carbocycles. The van der Waals surface area contributed by atoms with Crippen LogP contribution in [0.4, 0.5) is 0 Å². The molecule has 0 bridgehead atoms. The minimum Gasteiger partial charge on any atom is -0.400 e. The molecule has 0 aliphatic carbocycles. The zero-order valence-electron chi connectivity index (χ0n) is 5.92. The number of aliphatic hydroxyl groups is 1. The van der Waals surface area contributed by atoms with Crippen molar-refractivity contribution in [3.63, 3.8) is 0 Å². The van der Waals surface area contributed by atoms with Crippen molar-refractivity contribution in [3.8, 4) is 0 Å². The first-order valence-corrected chi connectivity index (χ1v) is 3.51. The van der Waals surface area contributed by atoms with Crippen molar-refractivity contribution in [1.29, 1.82) is 0 Å². The molecule has 1 N–H and O–H groups in total. The topological polar surface area (TPSA) is 20.2 Å². The second kappa shape index (κ2) is 6.59. The van der Waals surface area contributed by atoms with E-state index in [2.05, 4.69) is 0 Å². The van der Waals surface area contributed by atoms with E-state index in [1.54, 1.807) is 0 Å². The van der Waals surface area contributed by atoms with Gasteiger partial charge in [0.25, 0.3) is 0 Å². The van der Waals surface area contributed by atoms with Gasteiger partial charge in [0.05, 0.1) is 0 Å². The van der Waals surface area contributed by atoms with Crippen molar-refractivity contribution in [2.75, 3.05) is 7.11 Å². The molecule has 10 heavy (non-hydrogen) atoms. The number of hydrogen-bond acceptors (Lipinski definition) is 1. The summed E-state index contributed by atoms with van der Waals surface area (Å²) >= 11 is 5.53. The normalized spacial score (nSPS) is 7.90. The van der Waals surface area contributed by atoms with Crippen LogP contribution in [0.5, 0.6) is 0 Å². The van der Waals surface area contributed by atoms with Gasteiger partial charge in [0.15, 0.2) is 0 Å². The SMILES string of the molecule is CO.ClCc1ccccc1. The molecule has 0 saturated heterocycles. The third-order valence-electron chi connectivity index (χ3n) is 0.997. The number of rotatable bonds is 1. The van der Waals surface area contributed by atoms with Gasteiger partial charge in [-0.1, -0.05) is 30.3 Å². The summed E-state index contributed by atoms with van der Waals surface area (Å²) in [7, 11) is 1.00. The molecular weight excluding hydrogens is 148 g/mol. The van der Waals surface area contributed by atoms with Crippen molar-refractivity contribution >= 4 is 11.6 Å². The van der Waals surface area contributed by atoms with Crippen molar-refractivity contribution in [2.24, 2.45) is 0 Å². The number of aliphatic hydroxyl groups excluding tert-OH is 1. The average Bonchev–Trinajstić information content (AvgIpc) is 2.10. The van der Waals surface area contributed by atoms with Crippen LogP contribution in [-0.2, 0) is 5.88 Å². The van der Waals surface area contributed by atoms with Crippen molar-refractivity contribution in [1.82, 2.24) is 0 Å². The molecular formula is C8H11ClO. The highest BCUT2D eigenvalue weighted by Gasteiger charge is 1.81. The summed E-state index contributed by atoms with van der Waals surface area (Å²) in [5, 5.41) is 7.00. The van der Waals surface area contributed by atoms with E-state index in [0.29, 0.717) is 5.88 Å². The predicted molar refractivity (Wildman–Crippen MR) is 44.1 cm³/mol. The molecule has 0 spiro atoms. The van der Waals surface area contributed by atoms with Crippen LogP contribution in [0.25, 0.3) is 0 Å². The highest BCUT2D eigenvalue weighted by molar-refractivity contribution is 6.17. The van der Waals surface area contributed by atoms with E-state index in [0.717, 1.165) is 7.11 Å². The van der Waals surface area contributed by atoms with E-state index in [1.807, 2.05) is 30.3 Å². The van der Waals surface area contributed by atoms with E-state index in [4.69, 9.17) is 16.7 Å². The van der Waals surface area contributed by atoms with Crippen LogP contribution in [0, 0.1) is 0 Å². The molecule has 0 fully saturated rings. The number of alkyl halides is 1. The minimum absolute atomic E-state index is 0.612. The maximum Gasteiger partial charge on any atom is 0.0474 e. The van der Waals surface area contributed by atoms with Crippen molar-refractivity contribution < 1.29 is 5.11 Å². The third kappa shape index (κ3) is 3.49. The van der Waals surface area contributed by atoms with Gasteiger partial charge in [0.1, 0.15) is 0 Å². The van der Waals surface area contributed by atoms with Crippen LogP contribution in [-0.4, -0.2) is 12.2 Å². The van der Waals surface area contributed by atoms with Crippen molar-refractivity contribution in [3.05, 3.63) is 35.9 Å². The summed E-state index contributed by atoms with van der Waals surface area (Å²) in [4.78, 5) is 0. The van der Waals surface area contributed by atoms with Crippen molar-refractivity contribution in [2.45, 2.75) is 5.88 Å². The van der Waals surface area contributed by atoms with Gasteiger partial charge in [-0.05, 0) is 5.56 Å². The van der Waals surface area contributed by atoms with Crippen LogP contribution < -0.4 is 0 Å². The summed E-state index contributed by atoms with van der Waals surface area (Å²) < 4.78 is 0. The minimum atomic E-state index is 0.612. The maximum atomic E-state index is 7.00. The van der Waals surface area contributed by atoms with E-state index < -0.39 is 0 Å². The van der Waals surface area contributed by atoms with Gasteiger partial charge in [-0.3, -0.25) is 0 Å². The fourth-order valence-electron chi connectivity index (χ4n) is 0.567. The first-order chi connectivity index (χ1) is 4.93. The Kier molecular flexibility index (Phi) is 6.24. The summed E-state index contributed by atoms with van der Waals surface area (Å²) in [5.74, 6) is 0.612. The van der Waals surface area contributed by atoms with E-state index in [-0.39, 0.29) is 0 Å². The molecule has 0 amide bonds. The summed E-state index contributed by atoms with van der Waals surface area (Å²) in [6.45, 7) is 0. The first kappa shape index (κ1) is 9.47. The molecule has 1 nitrogen and oxygen atoms in total. The summed E-state index contributed by atoms with van der Waals surface area (Å²) in [5.41, 5.74) is 1.18. The Morgan fingerprint density at radius 3 is 2.00 bits per heavy atom. The van der Waals surface area contributed by atoms with Gasteiger partial charge in [-0.25, -0.2) is 0 Å². The molecule has 0 unspecified atom stereocenters. The van der Waals surface area contributed by atoms with Crippen LogP contribution in [0.1, 0.15) is 5.56 Å². The van der Waals surface area contributed by atoms with Gasteiger partial charge in [-0.15, -0.1) is 11.6 Å². The summed E-state index contributed by atoms with van der Waals surface area (Å²) in [6.07, 6.45) is 0. The smallest absolute Gasteiger partial charge is 0.0474 e. The van der Waals surface area contributed by atoms with Crippen LogP contribution >= 0.6 is 11.6 Å². The van der Waals surface area contributed by atoms with Crippen LogP contribution in [0.3, 0.4) is 0 Å². The highest BCUT2D eigenvalue weighted by Crippen LogP contribution is 2.00. The van der Waals surface area contributed by atoms with E-state index in [1.165, 1.54) is 5.56 Å². The Hall–Kier alpha value is -0.530. The van der Waals surface area contributed by atoms with Crippen LogP contribution in [0.15, 0.2) is 30.3 Å². The van der Waals surface area contributed by atoms with Gasteiger partial charge >= 0.3 is 0 Å². The Bertz CT molecular complexity index is 151. The standard InChI is InChI=1S/C7H7Cl.CH4O/c8-6-7-4-2-1-3-5-7;1-2/h1-5H,6H2;2H,1H3. The lowest BCUT2D eigenvalue weighted by atomic mass is 10.2. The van der Waals surface area contributed by atoms with Gasteiger partial charge in [-0.2, -0.15) is 0 Å². The average molecular weight is 159 g/mol. The summed E-state index contributed by atoms with van der Waals surface area (Å²) in [6, 6.07) is 9.96. The molecule has 0 aromatic heterocycles. The largest absolute Gasteiger partial charge is 0.400 e. The lowest BCUT2D eigenvalue weighted by Gasteiger charge is -1.88. The quantitative estimate of drug-likeness (QED) is 0.621. The molecule has 2 heteroatoms. The lowest BCUT2D eigenvalue weighted by molar-refractivity contribution is 0.399. The number of benzene rings is 1. The molecule has 0 radical (unpaired) electrons. The van der Waals surface area contributed by atoms with E-state index in [9.17, 15) is 0 Å². The number of halogens is 1. The first-order valence-electron chi connectivity index (χ1n) is 2.98. The molecule has 0 aliphatic heterocycles. The molecule has 0 aliphatic rings. The molecule has 1 rings (SSSR count). The molecule has 1 aromatic carbocycles. The molecule has 0 atom stereocenters. The Labute approximate surface area is 66.3 Å². The highest BCUT2D eigenvalue weighted by atomic mass is 35.5. The zero-order chi connectivity index (χ0) is 7.82. The zero-order valence-corrected chi connectivity index (χ0v) is 6.67. The molecule has 1 aromatic rings. The third-order valence-corrected chi connectivity index (χ3v) is 1.31. The lowest BCUT2D eigenvalue weighted by Crippen LogP contribution is -1.71. The van der Waals surface area contributed by atoms with Crippen LogP contribution in [0.2, 0.25) is 0 Å². The monoisotopic (exact) mass is 158 g/mol. The second-order valence-electron chi connectivity index (χ2n) is 1.62. The van der Waals surface area contributed by atoms with Gasteiger partial charge in [0.2, 0.25) is 0 Å². The molecule has 0 heterocycles. The van der Waals surface area contributed by atoms with Gasteiger partial charge < -0.3 is 5.11 Å². The van der Waals surface area contributed by atoms with E-state index >= 15 is 0 Å². The predicted octanol–water partition coefficient (Wildman–Crippen LogP) is 2.03.